The van der Waals surface area contributed by atoms with E-state index < -0.39 is 0 Å². The van der Waals surface area contributed by atoms with Crippen molar-refractivity contribution in [2.24, 2.45) is 0 Å². The normalized spacial score (nSPS) is 10.6. The molecule has 0 aliphatic carbocycles. The molecule has 0 amide bonds. The fourth-order valence-electron chi connectivity index (χ4n) is 1.81. The minimum Gasteiger partial charge on any atom is -0.488 e. The molecule has 0 bridgehead atoms. The summed E-state index contributed by atoms with van der Waals surface area (Å²) in [5, 5.41) is 4.05. The van der Waals surface area contributed by atoms with Gasteiger partial charge in [-0.15, -0.1) is 0 Å². The lowest BCUT2D eigenvalue weighted by Crippen LogP contribution is -2.08. The largest absolute Gasteiger partial charge is 0.488 e. The molecule has 0 radical (unpaired) electrons. The van der Waals surface area contributed by atoms with E-state index in [1.807, 2.05) is 13.1 Å². The van der Waals surface area contributed by atoms with Gasteiger partial charge in [-0.05, 0) is 37.4 Å². The fourth-order valence-corrected chi connectivity index (χ4v) is 2.17. The first-order valence-electron chi connectivity index (χ1n) is 6.10. The summed E-state index contributed by atoms with van der Waals surface area (Å²) in [4.78, 5) is 0. The molecule has 2 aromatic carbocycles. The third kappa shape index (κ3) is 3.85. The SMILES string of the molecule is CNCc1cc(Cl)ccc1OCc1ccc(Cl)cc1F. The molecule has 2 aromatic rings. The second-order valence-corrected chi connectivity index (χ2v) is 5.18. The van der Waals surface area contributed by atoms with E-state index in [4.69, 9.17) is 27.9 Å². The standard InChI is InChI=1S/C15H14Cl2FNO/c1-19-8-11-6-12(16)4-5-15(11)20-9-10-2-3-13(17)7-14(10)18/h2-7,19H,8-9H2,1H3. The Balaban J connectivity index is 2.14. The lowest BCUT2D eigenvalue weighted by atomic mass is 10.2. The summed E-state index contributed by atoms with van der Waals surface area (Å²) in [7, 11) is 1.84. The van der Waals surface area contributed by atoms with Crippen LogP contribution in [0.3, 0.4) is 0 Å². The van der Waals surface area contributed by atoms with Crippen molar-refractivity contribution in [3.8, 4) is 5.75 Å². The van der Waals surface area contributed by atoms with Crippen LogP contribution in [0.5, 0.6) is 5.75 Å². The van der Waals surface area contributed by atoms with Gasteiger partial charge in [0.1, 0.15) is 18.2 Å². The number of hydrogen-bond acceptors (Lipinski definition) is 2. The smallest absolute Gasteiger partial charge is 0.131 e. The van der Waals surface area contributed by atoms with E-state index in [1.54, 1.807) is 24.3 Å². The first-order valence-corrected chi connectivity index (χ1v) is 6.85. The molecule has 1 N–H and O–H groups in total. The van der Waals surface area contributed by atoms with E-state index in [0.29, 0.717) is 27.9 Å². The highest BCUT2D eigenvalue weighted by Crippen LogP contribution is 2.24. The number of hydrogen-bond donors (Lipinski definition) is 1. The Labute approximate surface area is 127 Å². The molecule has 0 saturated heterocycles. The van der Waals surface area contributed by atoms with Crippen LogP contribution in [0.2, 0.25) is 10.0 Å². The van der Waals surface area contributed by atoms with E-state index >= 15 is 0 Å². The highest BCUT2D eigenvalue weighted by Gasteiger charge is 2.07. The van der Waals surface area contributed by atoms with Crippen LogP contribution in [0.4, 0.5) is 4.39 Å². The van der Waals surface area contributed by atoms with Gasteiger partial charge in [0.2, 0.25) is 0 Å². The van der Waals surface area contributed by atoms with Gasteiger partial charge in [-0.2, -0.15) is 0 Å². The molecule has 0 atom stereocenters. The van der Waals surface area contributed by atoms with Crippen LogP contribution in [0.1, 0.15) is 11.1 Å². The molecule has 0 fully saturated rings. The average Bonchev–Trinajstić information content (AvgIpc) is 2.40. The van der Waals surface area contributed by atoms with Crippen LogP contribution in [0, 0.1) is 5.82 Å². The first kappa shape index (κ1) is 15.1. The topological polar surface area (TPSA) is 21.3 Å². The summed E-state index contributed by atoms with van der Waals surface area (Å²) in [5.74, 6) is 0.305. The second-order valence-electron chi connectivity index (χ2n) is 4.31. The van der Waals surface area contributed by atoms with Crippen LogP contribution >= 0.6 is 23.2 Å². The molecule has 0 unspecified atom stereocenters. The molecular formula is C15H14Cl2FNO. The maximum Gasteiger partial charge on any atom is 0.131 e. The van der Waals surface area contributed by atoms with Crippen LogP contribution in [-0.2, 0) is 13.2 Å². The minimum absolute atomic E-state index is 0.140. The van der Waals surface area contributed by atoms with E-state index in [-0.39, 0.29) is 12.4 Å². The Hall–Kier alpha value is -1.29. The van der Waals surface area contributed by atoms with Crippen molar-refractivity contribution < 1.29 is 9.13 Å². The van der Waals surface area contributed by atoms with Gasteiger partial charge in [0, 0.05) is 27.7 Å². The highest BCUT2D eigenvalue weighted by molar-refractivity contribution is 6.30. The molecule has 20 heavy (non-hydrogen) atoms. The Morgan fingerprint density at radius 3 is 2.45 bits per heavy atom. The van der Waals surface area contributed by atoms with Gasteiger partial charge in [-0.1, -0.05) is 29.3 Å². The monoisotopic (exact) mass is 313 g/mol. The molecule has 0 spiro atoms. The summed E-state index contributed by atoms with van der Waals surface area (Å²) in [6.07, 6.45) is 0. The lowest BCUT2D eigenvalue weighted by Gasteiger charge is -2.12. The first-order chi connectivity index (χ1) is 9.60. The van der Waals surface area contributed by atoms with Gasteiger partial charge < -0.3 is 10.1 Å². The van der Waals surface area contributed by atoms with Crippen LogP contribution < -0.4 is 10.1 Å². The number of ether oxygens (including phenoxy) is 1. The van der Waals surface area contributed by atoms with Crippen molar-refractivity contribution >= 4 is 23.2 Å². The molecule has 106 valence electrons. The summed E-state index contributed by atoms with van der Waals surface area (Å²) in [6, 6.07) is 9.88. The fraction of sp³-hybridized carbons (Fsp3) is 0.200. The van der Waals surface area contributed by atoms with Gasteiger partial charge in [0.25, 0.3) is 0 Å². The maximum atomic E-state index is 13.7. The summed E-state index contributed by atoms with van der Waals surface area (Å²) in [5.41, 5.74) is 1.38. The van der Waals surface area contributed by atoms with E-state index in [0.717, 1.165) is 5.56 Å². The molecule has 0 aliphatic rings. The zero-order valence-electron chi connectivity index (χ0n) is 10.9. The number of halogens is 3. The van der Waals surface area contributed by atoms with Gasteiger partial charge in [-0.25, -0.2) is 4.39 Å². The van der Waals surface area contributed by atoms with E-state index in [9.17, 15) is 4.39 Å². The molecule has 2 nitrogen and oxygen atoms in total. The quantitative estimate of drug-likeness (QED) is 0.881. The third-order valence-electron chi connectivity index (χ3n) is 2.79. The Kier molecular flexibility index (Phi) is 5.24. The van der Waals surface area contributed by atoms with Crippen LogP contribution in [0.25, 0.3) is 0 Å². The third-order valence-corrected chi connectivity index (χ3v) is 3.26. The minimum atomic E-state index is -0.373. The van der Waals surface area contributed by atoms with Crippen molar-refractivity contribution in [2.45, 2.75) is 13.2 Å². The molecule has 2 rings (SSSR count). The van der Waals surface area contributed by atoms with Crippen LogP contribution in [-0.4, -0.2) is 7.05 Å². The molecule has 0 aromatic heterocycles. The average molecular weight is 314 g/mol. The van der Waals surface area contributed by atoms with Crippen LogP contribution in [0.15, 0.2) is 36.4 Å². The summed E-state index contributed by atoms with van der Waals surface area (Å²) >= 11 is 11.7. The second kappa shape index (κ2) is 6.93. The summed E-state index contributed by atoms with van der Waals surface area (Å²) < 4.78 is 19.3. The van der Waals surface area contributed by atoms with Gasteiger partial charge in [-0.3, -0.25) is 0 Å². The zero-order valence-corrected chi connectivity index (χ0v) is 12.4. The highest BCUT2D eigenvalue weighted by atomic mass is 35.5. The van der Waals surface area contributed by atoms with E-state index in [2.05, 4.69) is 5.32 Å². The van der Waals surface area contributed by atoms with Crippen molar-refractivity contribution in [3.05, 3.63) is 63.4 Å². The number of nitrogens with one attached hydrogen (secondary N) is 1. The lowest BCUT2D eigenvalue weighted by molar-refractivity contribution is 0.296. The van der Waals surface area contributed by atoms with E-state index in [1.165, 1.54) is 6.07 Å². The molecule has 0 saturated carbocycles. The Bertz CT molecular complexity index is 604. The van der Waals surface area contributed by atoms with Crippen molar-refractivity contribution in [1.29, 1.82) is 0 Å². The molecule has 0 heterocycles. The Morgan fingerprint density at radius 1 is 1.05 bits per heavy atom. The van der Waals surface area contributed by atoms with Gasteiger partial charge in [0.15, 0.2) is 0 Å². The number of rotatable bonds is 5. The predicted octanol–water partition coefficient (Wildman–Crippen LogP) is 4.43. The summed E-state index contributed by atoms with van der Waals surface area (Å²) in [6.45, 7) is 0.764. The van der Waals surface area contributed by atoms with Gasteiger partial charge in [0.05, 0.1) is 0 Å². The Morgan fingerprint density at radius 2 is 1.75 bits per heavy atom. The molecular weight excluding hydrogens is 300 g/mol. The molecule has 5 heteroatoms. The van der Waals surface area contributed by atoms with Gasteiger partial charge >= 0.3 is 0 Å². The molecule has 0 aliphatic heterocycles. The van der Waals surface area contributed by atoms with Crippen molar-refractivity contribution in [2.75, 3.05) is 7.05 Å². The maximum absolute atomic E-state index is 13.7. The zero-order chi connectivity index (χ0) is 14.5. The van der Waals surface area contributed by atoms with Crippen molar-refractivity contribution in [1.82, 2.24) is 5.32 Å². The van der Waals surface area contributed by atoms with Crippen molar-refractivity contribution in [3.63, 3.8) is 0 Å². The number of benzene rings is 2. The predicted molar refractivity (Wildman–Crippen MR) is 80.0 cm³/mol.